The zero-order valence-corrected chi connectivity index (χ0v) is 26.1. The van der Waals surface area contributed by atoms with Gasteiger partial charge in [-0.1, -0.05) is 33.6 Å². The molecule has 0 aromatic heterocycles. The van der Waals surface area contributed by atoms with Gasteiger partial charge in [-0.25, -0.2) is 9.18 Å². The quantitative estimate of drug-likeness (QED) is 0.170. The maximum absolute atomic E-state index is 15.2. The first-order valence-electron chi connectivity index (χ1n) is 15.2. The van der Waals surface area contributed by atoms with Gasteiger partial charge in [0.05, 0.1) is 30.9 Å². The molecule has 1 aliphatic carbocycles. The van der Waals surface area contributed by atoms with E-state index in [0.717, 1.165) is 25.0 Å². The van der Waals surface area contributed by atoms with Crippen molar-refractivity contribution in [2.24, 2.45) is 17.8 Å². The van der Waals surface area contributed by atoms with Gasteiger partial charge in [-0.05, 0) is 55.2 Å². The molecular weight excluding hydrogens is 571 g/mol. The molecule has 4 unspecified atom stereocenters. The van der Waals surface area contributed by atoms with Crippen molar-refractivity contribution in [2.75, 3.05) is 42.9 Å². The second kappa shape index (κ2) is 14.7. The third kappa shape index (κ3) is 7.40. The van der Waals surface area contributed by atoms with Gasteiger partial charge in [0.15, 0.2) is 0 Å². The van der Waals surface area contributed by atoms with Gasteiger partial charge in [0.25, 0.3) is 5.69 Å². The van der Waals surface area contributed by atoms with Crippen molar-refractivity contribution >= 4 is 34.6 Å². The number of carbonyl (C=O) groups excluding carboxylic acids is 2. The van der Waals surface area contributed by atoms with Gasteiger partial charge in [0.1, 0.15) is 29.9 Å². The molecule has 4 atom stereocenters. The molecule has 2 fully saturated rings. The number of amides is 1. The molecule has 2 aromatic rings. The number of nitro benzene ring substituents is 1. The molecule has 0 radical (unpaired) electrons. The molecule has 12 heteroatoms. The fraction of sp³-hybridized carbons (Fsp3) is 0.562. The van der Waals surface area contributed by atoms with E-state index in [2.05, 4.69) is 31.4 Å². The normalized spacial score (nSPS) is 21.7. The van der Waals surface area contributed by atoms with Crippen LogP contribution in [0.2, 0.25) is 0 Å². The minimum atomic E-state index is -0.746. The van der Waals surface area contributed by atoms with E-state index < -0.39 is 22.8 Å². The molecule has 1 amide bonds. The highest BCUT2D eigenvalue weighted by Gasteiger charge is 2.38. The first kappa shape index (κ1) is 33.0. The lowest BCUT2D eigenvalue weighted by molar-refractivity contribution is -0.384. The van der Waals surface area contributed by atoms with Gasteiger partial charge in [-0.3, -0.25) is 14.9 Å². The Balaban J connectivity index is 1.47. The highest BCUT2D eigenvalue weighted by molar-refractivity contribution is 5.93. The minimum absolute atomic E-state index is 0.0422. The van der Waals surface area contributed by atoms with Gasteiger partial charge in [0.2, 0.25) is 5.91 Å². The summed E-state index contributed by atoms with van der Waals surface area (Å²) in [5.74, 6) is 0.336. The van der Waals surface area contributed by atoms with E-state index in [4.69, 9.17) is 14.2 Å². The van der Waals surface area contributed by atoms with Crippen LogP contribution in [0.25, 0.3) is 0 Å². The molecule has 0 bridgehead atoms. The standard InChI is InChI=1S/C32H43FN4O7/c1-19(2)30-20(3)8-6-10-27(30)44-18-29(38)35-24-13-11-21(16-28(24)42-4)34-17-22-23(33)12-14-25(37(40)41)31(22)36-15-7-9-26(36)32(39)43-5/h11-14,16,19-20,26-27,30,34H,6-10,15,17-18H2,1-5H3,(H,35,38). The molecule has 2 aromatic carbocycles. The number of benzene rings is 2. The van der Waals surface area contributed by atoms with E-state index >= 15 is 4.39 Å². The molecule has 1 saturated carbocycles. The average molecular weight is 615 g/mol. The van der Waals surface area contributed by atoms with Gasteiger partial charge < -0.3 is 29.7 Å². The summed E-state index contributed by atoms with van der Waals surface area (Å²) in [6.07, 6.45) is 4.30. The van der Waals surface area contributed by atoms with E-state index in [-0.39, 0.29) is 42.1 Å². The van der Waals surface area contributed by atoms with Crippen LogP contribution < -0.4 is 20.3 Å². The number of hydrogen-bond donors (Lipinski definition) is 2. The Morgan fingerprint density at radius 2 is 1.91 bits per heavy atom. The Morgan fingerprint density at radius 3 is 2.59 bits per heavy atom. The number of anilines is 3. The summed E-state index contributed by atoms with van der Waals surface area (Å²) in [5.41, 5.74) is 0.803. The van der Waals surface area contributed by atoms with Crippen LogP contribution >= 0.6 is 0 Å². The van der Waals surface area contributed by atoms with E-state index in [0.29, 0.717) is 54.3 Å². The van der Waals surface area contributed by atoms with E-state index in [1.165, 1.54) is 20.6 Å². The smallest absolute Gasteiger partial charge is 0.328 e. The fourth-order valence-corrected chi connectivity index (χ4v) is 6.79. The number of nitro groups is 1. The lowest BCUT2D eigenvalue weighted by atomic mass is 9.72. The van der Waals surface area contributed by atoms with Crippen LogP contribution in [0.1, 0.15) is 58.4 Å². The number of esters is 1. The molecule has 2 N–H and O–H groups in total. The summed E-state index contributed by atoms with van der Waals surface area (Å²) in [7, 11) is 2.73. The van der Waals surface area contributed by atoms with Crippen LogP contribution in [0.4, 0.5) is 27.1 Å². The largest absolute Gasteiger partial charge is 0.494 e. The Hall–Kier alpha value is -3.93. The molecule has 11 nitrogen and oxygen atoms in total. The molecule has 2 aliphatic rings. The van der Waals surface area contributed by atoms with Crippen LogP contribution in [-0.2, 0) is 25.6 Å². The summed E-state index contributed by atoms with van der Waals surface area (Å²) in [6, 6.07) is 6.43. The number of hydrogen-bond acceptors (Lipinski definition) is 9. The maximum Gasteiger partial charge on any atom is 0.328 e. The van der Waals surface area contributed by atoms with Crippen LogP contribution in [0.5, 0.6) is 5.75 Å². The predicted octanol–water partition coefficient (Wildman–Crippen LogP) is 5.91. The summed E-state index contributed by atoms with van der Waals surface area (Å²) in [4.78, 5) is 38.1. The molecule has 1 heterocycles. The van der Waals surface area contributed by atoms with Crippen molar-refractivity contribution in [3.05, 3.63) is 51.8 Å². The molecular formula is C32H43FN4O7. The van der Waals surface area contributed by atoms with Crippen molar-refractivity contribution in [3.8, 4) is 5.75 Å². The Labute approximate surface area is 257 Å². The van der Waals surface area contributed by atoms with Gasteiger partial charge in [0, 0.05) is 36.5 Å². The van der Waals surface area contributed by atoms with Gasteiger partial charge in [-0.15, -0.1) is 0 Å². The van der Waals surface area contributed by atoms with Crippen molar-refractivity contribution in [2.45, 2.75) is 71.6 Å². The van der Waals surface area contributed by atoms with Crippen molar-refractivity contribution in [1.82, 2.24) is 0 Å². The summed E-state index contributed by atoms with van der Waals surface area (Å²) < 4.78 is 31.7. The van der Waals surface area contributed by atoms with Crippen molar-refractivity contribution in [1.29, 1.82) is 0 Å². The van der Waals surface area contributed by atoms with Crippen LogP contribution in [0, 0.1) is 33.7 Å². The van der Waals surface area contributed by atoms with Crippen molar-refractivity contribution < 1.29 is 33.1 Å². The van der Waals surface area contributed by atoms with E-state index in [1.54, 1.807) is 23.1 Å². The highest BCUT2D eigenvalue weighted by atomic mass is 19.1. The van der Waals surface area contributed by atoms with E-state index in [1.807, 2.05) is 0 Å². The number of nitrogens with zero attached hydrogens (tertiary/aromatic N) is 2. The lowest BCUT2D eigenvalue weighted by Gasteiger charge is -2.38. The summed E-state index contributed by atoms with van der Waals surface area (Å²) in [6.45, 7) is 6.82. The number of ether oxygens (including phenoxy) is 3. The number of halogens is 1. The van der Waals surface area contributed by atoms with Gasteiger partial charge in [-0.2, -0.15) is 0 Å². The third-order valence-electron chi connectivity index (χ3n) is 8.79. The fourth-order valence-electron chi connectivity index (χ4n) is 6.79. The second-order valence-electron chi connectivity index (χ2n) is 11.9. The monoisotopic (exact) mass is 614 g/mol. The van der Waals surface area contributed by atoms with Crippen LogP contribution in [0.15, 0.2) is 30.3 Å². The number of methoxy groups -OCH3 is 2. The summed E-state index contributed by atoms with van der Waals surface area (Å²) >= 11 is 0. The van der Waals surface area contributed by atoms with Crippen LogP contribution in [0.3, 0.4) is 0 Å². The molecule has 0 spiro atoms. The average Bonchev–Trinajstić information content (AvgIpc) is 3.48. The highest BCUT2D eigenvalue weighted by Crippen LogP contribution is 2.40. The Bertz CT molecular complexity index is 1350. The second-order valence-corrected chi connectivity index (χ2v) is 11.9. The number of carbonyl (C=O) groups is 2. The SMILES string of the molecule is COC(=O)C1CCCN1c1c([N+](=O)[O-])ccc(F)c1CNc1ccc(NC(=O)COC2CCCC(C)C2C(C)C)c(OC)c1. The Kier molecular flexibility index (Phi) is 11.0. The Morgan fingerprint density at radius 1 is 1.14 bits per heavy atom. The number of rotatable bonds is 12. The number of nitrogens with one attached hydrogen (secondary N) is 2. The zero-order chi connectivity index (χ0) is 32.0. The van der Waals surface area contributed by atoms with Crippen LogP contribution in [-0.4, -0.2) is 56.3 Å². The molecule has 44 heavy (non-hydrogen) atoms. The minimum Gasteiger partial charge on any atom is -0.494 e. The molecule has 240 valence electrons. The topological polar surface area (TPSA) is 132 Å². The maximum atomic E-state index is 15.2. The molecule has 4 rings (SSSR count). The van der Waals surface area contributed by atoms with E-state index in [9.17, 15) is 19.7 Å². The third-order valence-corrected chi connectivity index (χ3v) is 8.79. The summed E-state index contributed by atoms with van der Waals surface area (Å²) in [5, 5.41) is 17.9. The lowest BCUT2D eigenvalue weighted by Crippen LogP contribution is -2.38. The molecule has 1 aliphatic heterocycles. The zero-order valence-electron chi connectivity index (χ0n) is 26.1. The molecule has 1 saturated heterocycles. The van der Waals surface area contributed by atoms with Gasteiger partial charge >= 0.3 is 5.97 Å². The first-order chi connectivity index (χ1) is 21.0. The first-order valence-corrected chi connectivity index (χ1v) is 15.2. The predicted molar refractivity (Wildman–Crippen MR) is 165 cm³/mol. The van der Waals surface area contributed by atoms with Crippen molar-refractivity contribution in [3.63, 3.8) is 0 Å².